The van der Waals surface area contributed by atoms with Crippen molar-refractivity contribution in [3.05, 3.63) is 0 Å². The molecule has 4 heteroatoms. The van der Waals surface area contributed by atoms with Crippen LogP contribution in [0.2, 0.25) is 0 Å². The van der Waals surface area contributed by atoms with Gasteiger partial charge in [0.15, 0.2) is 0 Å². The summed E-state index contributed by atoms with van der Waals surface area (Å²) in [4.78, 5) is 11.5. The quantitative estimate of drug-likeness (QED) is 0.708. The van der Waals surface area contributed by atoms with Crippen molar-refractivity contribution in [2.45, 2.75) is 57.5 Å². The Labute approximate surface area is 98.1 Å². The van der Waals surface area contributed by atoms with Crippen molar-refractivity contribution < 1.29 is 9.53 Å². The maximum absolute atomic E-state index is 11.5. The molecule has 0 saturated heterocycles. The molecule has 0 radical (unpaired) electrons. The lowest BCUT2D eigenvalue weighted by Crippen LogP contribution is -2.50. The van der Waals surface area contributed by atoms with Gasteiger partial charge in [0, 0.05) is 12.1 Å². The van der Waals surface area contributed by atoms with E-state index in [-0.39, 0.29) is 12.1 Å². The Hall–Kier alpha value is -0.770. The van der Waals surface area contributed by atoms with Crippen LogP contribution >= 0.6 is 0 Å². The van der Waals surface area contributed by atoms with Crippen LogP contribution in [-0.4, -0.2) is 31.8 Å². The lowest BCUT2D eigenvalue weighted by molar-refractivity contribution is 0.134. The van der Waals surface area contributed by atoms with E-state index in [1.54, 1.807) is 0 Å². The molecule has 0 unspecified atom stereocenters. The molecule has 0 aliphatic heterocycles. The largest absolute Gasteiger partial charge is 0.450 e. The SMILES string of the molecule is CCCCOC(=O)N[C@H]1CCCC[C@@H]1NC. The van der Waals surface area contributed by atoms with Crippen molar-refractivity contribution in [2.24, 2.45) is 0 Å². The summed E-state index contributed by atoms with van der Waals surface area (Å²) in [5, 5.41) is 6.21. The highest BCUT2D eigenvalue weighted by Crippen LogP contribution is 2.18. The van der Waals surface area contributed by atoms with Gasteiger partial charge >= 0.3 is 6.09 Å². The van der Waals surface area contributed by atoms with Gasteiger partial charge in [-0.3, -0.25) is 0 Å². The summed E-state index contributed by atoms with van der Waals surface area (Å²) in [7, 11) is 1.95. The minimum Gasteiger partial charge on any atom is -0.450 e. The Morgan fingerprint density at radius 3 is 2.62 bits per heavy atom. The Morgan fingerprint density at radius 2 is 2.00 bits per heavy atom. The fourth-order valence-corrected chi connectivity index (χ4v) is 2.15. The Morgan fingerprint density at radius 1 is 1.31 bits per heavy atom. The third kappa shape index (κ3) is 4.39. The molecule has 0 bridgehead atoms. The highest BCUT2D eigenvalue weighted by atomic mass is 16.5. The minimum atomic E-state index is -0.263. The molecule has 1 saturated carbocycles. The molecule has 1 aliphatic rings. The van der Waals surface area contributed by atoms with Crippen LogP contribution in [-0.2, 0) is 4.74 Å². The minimum absolute atomic E-state index is 0.230. The van der Waals surface area contributed by atoms with Crippen LogP contribution in [0.25, 0.3) is 0 Å². The van der Waals surface area contributed by atoms with Gasteiger partial charge in [0.2, 0.25) is 0 Å². The van der Waals surface area contributed by atoms with Crippen LogP contribution in [0.4, 0.5) is 4.79 Å². The number of alkyl carbamates (subject to hydrolysis) is 1. The zero-order valence-electron chi connectivity index (χ0n) is 10.4. The molecule has 4 nitrogen and oxygen atoms in total. The van der Waals surface area contributed by atoms with Crippen LogP contribution in [0.15, 0.2) is 0 Å². The van der Waals surface area contributed by atoms with Gasteiger partial charge in [-0.2, -0.15) is 0 Å². The van der Waals surface area contributed by atoms with Crippen molar-refractivity contribution in [3.8, 4) is 0 Å². The standard InChI is InChI=1S/C12H24N2O2/c1-3-4-9-16-12(15)14-11-8-6-5-7-10(11)13-2/h10-11,13H,3-9H2,1-2H3,(H,14,15)/t10-,11-/m0/s1. The summed E-state index contributed by atoms with van der Waals surface area (Å²) in [6.45, 7) is 2.61. The molecule has 94 valence electrons. The maximum Gasteiger partial charge on any atom is 0.407 e. The zero-order chi connectivity index (χ0) is 11.8. The van der Waals surface area contributed by atoms with E-state index < -0.39 is 0 Å². The number of ether oxygens (including phenoxy) is 1. The van der Waals surface area contributed by atoms with Gasteiger partial charge < -0.3 is 15.4 Å². The van der Waals surface area contributed by atoms with Crippen molar-refractivity contribution in [2.75, 3.05) is 13.7 Å². The van der Waals surface area contributed by atoms with Gasteiger partial charge in [0.1, 0.15) is 0 Å². The second-order valence-electron chi connectivity index (χ2n) is 4.42. The van der Waals surface area contributed by atoms with E-state index >= 15 is 0 Å². The van der Waals surface area contributed by atoms with E-state index in [9.17, 15) is 4.79 Å². The lowest BCUT2D eigenvalue weighted by Gasteiger charge is -2.31. The molecule has 0 aromatic heterocycles. The third-order valence-corrected chi connectivity index (χ3v) is 3.17. The molecule has 0 heterocycles. The van der Waals surface area contributed by atoms with E-state index in [4.69, 9.17) is 4.74 Å². The first-order chi connectivity index (χ1) is 7.77. The van der Waals surface area contributed by atoms with Crippen molar-refractivity contribution >= 4 is 6.09 Å². The Bertz CT molecular complexity index is 209. The number of unbranched alkanes of at least 4 members (excludes halogenated alkanes) is 1. The number of rotatable bonds is 5. The van der Waals surface area contributed by atoms with Crippen LogP contribution in [0.3, 0.4) is 0 Å². The van der Waals surface area contributed by atoms with Crippen molar-refractivity contribution in [1.82, 2.24) is 10.6 Å². The second-order valence-corrected chi connectivity index (χ2v) is 4.42. The number of hydrogen-bond donors (Lipinski definition) is 2. The first kappa shape index (κ1) is 13.3. The number of nitrogens with one attached hydrogen (secondary N) is 2. The summed E-state index contributed by atoms with van der Waals surface area (Å²) in [6, 6.07) is 0.625. The highest BCUT2D eigenvalue weighted by Gasteiger charge is 2.25. The number of amides is 1. The van der Waals surface area contributed by atoms with Gasteiger partial charge in [0.25, 0.3) is 0 Å². The van der Waals surface area contributed by atoms with E-state index in [2.05, 4.69) is 17.6 Å². The molecule has 1 fully saturated rings. The molecular formula is C12H24N2O2. The average molecular weight is 228 g/mol. The number of carbonyl (C=O) groups is 1. The van der Waals surface area contributed by atoms with Gasteiger partial charge in [0.05, 0.1) is 6.61 Å². The van der Waals surface area contributed by atoms with E-state index in [1.165, 1.54) is 12.8 Å². The molecule has 2 N–H and O–H groups in total. The first-order valence-electron chi connectivity index (χ1n) is 6.38. The molecule has 1 rings (SSSR count). The highest BCUT2D eigenvalue weighted by molar-refractivity contribution is 5.67. The fourth-order valence-electron chi connectivity index (χ4n) is 2.15. The molecule has 0 aromatic carbocycles. The fraction of sp³-hybridized carbons (Fsp3) is 0.917. The zero-order valence-corrected chi connectivity index (χ0v) is 10.4. The van der Waals surface area contributed by atoms with Crippen LogP contribution in [0.5, 0.6) is 0 Å². The monoisotopic (exact) mass is 228 g/mol. The molecule has 0 spiro atoms. The summed E-state index contributed by atoms with van der Waals surface area (Å²) in [6.07, 6.45) is 6.35. The second kappa shape index (κ2) is 7.49. The number of hydrogen-bond acceptors (Lipinski definition) is 3. The summed E-state index contributed by atoms with van der Waals surface area (Å²) < 4.78 is 5.10. The first-order valence-corrected chi connectivity index (χ1v) is 6.38. The predicted molar refractivity (Wildman–Crippen MR) is 64.5 cm³/mol. The average Bonchev–Trinajstić information content (AvgIpc) is 2.30. The number of carbonyl (C=O) groups excluding carboxylic acids is 1. The normalized spacial score (nSPS) is 25.1. The summed E-state index contributed by atoms with van der Waals surface area (Å²) >= 11 is 0. The molecular weight excluding hydrogens is 204 g/mol. The smallest absolute Gasteiger partial charge is 0.407 e. The molecule has 0 aromatic rings. The van der Waals surface area contributed by atoms with Gasteiger partial charge in [-0.25, -0.2) is 4.79 Å². The lowest BCUT2D eigenvalue weighted by atomic mass is 9.90. The molecule has 1 amide bonds. The van der Waals surface area contributed by atoms with Crippen molar-refractivity contribution in [1.29, 1.82) is 0 Å². The Kier molecular flexibility index (Phi) is 6.23. The van der Waals surface area contributed by atoms with Crippen LogP contribution < -0.4 is 10.6 Å². The van der Waals surface area contributed by atoms with Crippen LogP contribution in [0, 0.1) is 0 Å². The predicted octanol–water partition coefficient (Wildman–Crippen LogP) is 2.04. The van der Waals surface area contributed by atoms with Gasteiger partial charge in [-0.15, -0.1) is 0 Å². The van der Waals surface area contributed by atoms with E-state index in [1.807, 2.05) is 7.05 Å². The molecule has 2 atom stereocenters. The topological polar surface area (TPSA) is 50.4 Å². The number of likely N-dealkylation sites (N-methyl/N-ethyl adjacent to an activating group) is 1. The Balaban J connectivity index is 2.25. The van der Waals surface area contributed by atoms with Gasteiger partial charge in [-0.05, 0) is 26.3 Å². The molecule has 1 aliphatic carbocycles. The van der Waals surface area contributed by atoms with E-state index in [0.29, 0.717) is 12.6 Å². The van der Waals surface area contributed by atoms with Crippen molar-refractivity contribution in [3.63, 3.8) is 0 Å². The third-order valence-electron chi connectivity index (χ3n) is 3.17. The summed E-state index contributed by atoms with van der Waals surface area (Å²) in [5.74, 6) is 0. The van der Waals surface area contributed by atoms with Gasteiger partial charge in [-0.1, -0.05) is 26.2 Å². The summed E-state index contributed by atoms with van der Waals surface area (Å²) in [5.41, 5.74) is 0. The maximum atomic E-state index is 11.5. The van der Waals surface area contributed by atoms with Crippen LogP contribution in [0.1, 0.15) is 45.4 Å². The molecule has 16 heavy (non-hydrogen) atoms. The van der Waals surface area contributed by atoms with E-state index in [0.717, 1.165) is 25.7 Å².